The predicted octanol–water partition coefficient (Wildman–Crippen LogP) is 1.94. The second-order valence-corrected chi connectivity index (χ2v) is 3.51. The van der Waals surface area contributed by atoms with Crippen molar-refractivity contribution in [2.24, 2.45) is 0 Å². The van der Waals surface area contributed by atoms with Crippen LogP contribution in [0.15, 0.2) is 18.2 Å². The lowest BCUT2D eigenvalue weighted by Crippen LogP contribution is -2.19. The molecule has 2 rings (SSSR count). The van der Waals surface area contributed by atoms with E-state index in [9.17, 15) is 0 Å². The molecule has 0 saturated heterocycles. The van der Waals surface area contributed by atoms with Gasteiger partial charge in [-0.1, -0.05) is 17.7 Å². The normalized spacial score (nSPS) is 19.7. The van der Waals surface area contributed by atoms with Crippen LogP contribution in [0.25, 0.3) is 0 Å². The Kier molecular flexibility index (Phi) is 2.23. The molecule has 2 heteroatoms. The van der Waals surface area contributed by atoms with Gasteiger partial charge in [0, 0.05) is 13.5 Å². The molecule has 13 heavy (non-hydrogen) atoms. The number of fused-ring (bicyclic) bond motifs is 1. The van der Waals surface area contributed by atoms with Crippen molar-refractivity contribution in [3.63, 3.8) is 0 Å². The van der Waals surface area contributed by atoms with E-state index in [4.69, 9.17) is 9.47 Å². The number of benzene rings is 1. The van der Waals surface area contributed by atoms with Gasteiger partial charge in [0.2, 0.25) is 0 Å². The molecule has 0 amide bonds. The summed E-state index contributed by atoms with van der Waals surface area (Å²) >= 11 is 0. The molecule has 1 aromatic carbocycles. The van der Waals surface area contributed by atoms with Gasteiger partial charge in [0.15, 0.2) is 0 Å². The summed E-state index contributed by atoms with van der Waals surface area (Å²) in [6.45, 7) is 2.78. The summed E-state index contributed by atoms with van der Waals surface area (Å²) in [6.07, 6.45) is 1.19. The Morgan fingerprint density at radius 2 is 2.38 bits per heavy atom. The van der Waals surface area contributed by atoms with Crippen LogP contribution in [0.5, 0.6) is 5.75 Å². The summed E-state index contributed by atoms with van der Waals surface area (Å²) in [5.74, 6) is 1.02. The lowest BCUT2D eigenvalue weighted by Gasteiger charge is -2.07. The summed E-state index contributed by atoms with van der Waals surface area (Å²) in [4.78, 5) is 0. The van der Waals surface area contributed by atoms with Crippen LogP contribution in [0, 0.1) is 6.92 Å². The quantitative estimate of drug-likeness (QED) is 0.689. The third-order valence-corrected chi connectivity index (χ3v) is 2.31. The first-order valence-corrected chi connectivity index (χ1v) is 4.54. The molecule has 70 valence electrons. The maximum atomic E-state index is 5.68. The molecule has 1 aliphatic heterocycles. The Bertz CT molecular complexity index is 307. The van der Waals surface area contributed by atoms with Gasteiger partial charge in [0.25, 0.3) is 0 Å². The lowest BCUT2D eigenvalue weighted by molar-refractivity contribution is 0.0951. The van der Waals surface area contributed by atoms with E-state index in [1.165, 1.54) is 11.1 Å². The van der Waals surface area contributed by atoms with E-state index < -0.39 is 0 Å². The van der Waals surface area contributed by atoms with Gasteiger partial charge in [-0.05, 0) is 18.6 Å². The standard InChI is InChI=1S/C11H14O2/c1-8-3-4-11-9(5-8)6-10(13-11)7-12-2/h3-5,10H,6-7H2,1-2H3/t10-/m1/s1. The fraction of sp³-hybridized carbons (Fsp3) is 0.455. The van der Waals surface area contributed by atoms with Crippen LogP contribution in [-0.4, -0.2) is 19.8 Å². The SMILES string of the molecule is COC[C@H]1Cc2cc(C)ccc2O1. The zero-order valence-corrected chi connectivity index (χ0v) is 8.04. The van der Waals surface area contributed by atoms with Gasteiger partial charge < -0.3 is 9.47 Å². The van der Waals surface area contributed by atoms with Crippen LogP contribution in [0.2, 0.25) is 0 Å². The minimum absolute atomic E-state index is 0.210. The second kappa shape index (κ2) is 3.38. The molecular formula is C11H14O2. The fourth-order valence-electron chi connectivity index (χ4n) is 1.73. The van der Waals surface area contributed by atoms with E-state index in [1.54, 1.807) is 7.11 Å². The van der Waals surface area contributed by atoms with Gasteiger partial charge >= 0.3 is 0 Å². The molecule has 0 N–H and O–H groups in total. The van der Waals surface area contributed by atoms with Crippen LogP contribution in [0.4, 0.5) is 0 Å². The first-order chi connectivity index (χ1) is 6.29. The molecule has 0 aliphatic carbocycles. The van der Waals surface area contributed by atoms with E-state index in [0.29, 0.717) is 6.61 Å². The van der Waals surface area contributed by atoms with Crippen molar-refractivity contribution in [1.29, 1.82) is 0 Å². The number of ether oxygens (including phenoxy) is 2. The number of methoxy groups -OCH3 is 1. The second-order valence-electron chi connectivity index (χ2n) is 3.51. The van der Waals surface area contributed by atoms with Crippen LogP contribution in [0.1, 0.15) is 11.1 Å². The highest BCUT2D eigenvalue weighted by molar-refractivity contribution is 5.40. The highest BCUT2D eigenvalue weighted by Crippen LogP contribution is 2.29. The first-order valence-electron chi connectivity index (χ1n) is 4.54. The molecule has 0 fully saturated rings. The van der Waals surface area contributed by atoms with Crippen LogP contribution < -0.4 is 4.74 Å². The number of rotatable bonds is 2. The third kappa shape index (κ3) is 1.68. The molecule has 2 nitrogen and oxygen atoms in total. The predicted molar refractivity (Wildman–Crippen MR) is 51.2 cm³/mol. The lowest BCUT2D eigenvalue weighted by atomic mass is 10.1. The van der Waals surface area contributed by atoms with E-state index in [2.05, 4.69) is 19.1 Å². The molecule has 1 atom stereocenters. The molecule has 0 saturated carbocycles. The molecule has 0 aromatic heterocycles. The highest BCUT2D eigenvalue weighted by atomic mass is 16.5. The molecule has 0 bridgehead atoms. The smallest absolute Gasteiger partial charge is 0.126 e. The molecular weight excluding hydrogens is 164 g/mol. The highest BCUT2D eigenvalue weighted by Gasteiger charge is 2.22. The Balaban J connectivity index is 2.16. The number of hydrogen-bond donors (Lipinski definition) is 0. The van der Waals surface area contributed by atoms with Gasteiger partial charge in [-0.3, -0.25) is 0 Å². The Hall–Kier alpha value is -1.02. The minimum atomic E-state index is 0.210. The topological polar surface area (TPSA) is 18.5 Å². The van der Waals surface area contributed by atoms with E-state index in [-0.39, 0.29) is 6.10 Å². The van der Waals surface area contributed by atoms with Crippen molar-refractivity contribution in [2.45, 2.75) is 19.4 Å². The molecule has 0 radical (unpaired) electrons. The molecule has 1 heterocycles. The average molecular weight is 178 g/mol. The van der Waals surface area contributed by atoms with Crippen molar-refractivity contribution >= 4 is 0 Å². The monoisotopic (exact) mass is 178 g/mol. The molecule has 0 unspecified atom stereocenters. The van der Waals surface area contributed by atoms with Crippen LogP contribution in [0.3, 0.4) is 0 Å². The van der Waals surface area contributed by atoms with Crippen LogP contribution >= 0.6 is 0 Å². The number of aryl methyl sites for hydroxylation is 1. The maximum Gasteiger partial charge on any atom is 0.126 e. The Morgan fingerprint density at radius 1 is 1.54 bits per heavy atom. The van der Waals surface area contributed by atoms with Gasteiger partial charge in [-0.25, -0.2) is 0 Å². The number of hydrogen-bond acceptors (Lipinski definition) is 2. The van der Waals surface area contributed by atoms with Gasteiger partial charge in [-0.2, -0.15) is 0 Å². The van der Waals surface area contributed by atoms with Crippen molar-refractivity contribution in [3.05, 3.63) is 29.3 Å². The van der Waals surface area contributed by atoms with Crippen molar-refractivity contribution < 1.29 is 9.47 Å². The van der Waals surface area contributed by atoms with Crippen molar-refractivity contribution in [3.8, 4) is 5.75 Å². The summed E-state index contributed by atoms with van der Waals surface area (Å²) in [6, 6.07) is 6.30. The zero-order valence-electron chi connectivity index (χ0n) is 8.04. The molecule has 1 aromatic rings. The molecule has 0 spiro atoms. The largest absolute Gasteiger partial charge is 0.487 e. The van der Waals surface area contributed by atoms with Crippen molar-refractivity contribution in [1.82, 2.24) is 0 Å². The van der Waals surface area contributed by atoms with Crippen LogP contribution in [-0.2, 0) is 11.2 Å². The van der Waals surface area contributed by atoms with E-state index in [0.717, 1.165) is 12.2 Å². The summed E-state index contributed by atoms with van der Waals surface area (Å²) in [5.41, 5.74) is 2.60. The zero-order chi connectivity index (χ0) is 9.26. The summed E-state index contributed by atoms with van der Waals surface area (Å²) in [5, 5.41) is 0. The first kappa shape index (κ1) is 8.57. The molecule has 1 aliphatic rings. The van der Waals surface area contributed by atoms with Crippen molar-refractivity contribution in [2.75, 3.05) is 13.7 Å². The van der Waals surface area contributed by atoms with Gasteiger partial charge in [0.05, 0.1) is 6.61 Å². The van der Waals surface area contributed by atoms with E-state index >= 15 is 0 Å². The van der Waals surface area contributed by atoms with Gasteiger partial charge in [0.1, 0.15) is 11.9 Å². The third-order valence-electron chi connectivity index (χ3n) is 2.31. The summed E-state index contributed by atoms with van der Waals surface area (Å²) in [7, 11) is 1.71. The van der Waals surface area contributed by atoms with E-state index in [1.807, 2.05) is 6.07 Å². The fourth-order valence-corrected chi connectivity index (χ4v) is 1.73. The van der Waals surface area contributed by atoms with Gasteiger partial charge in [-0.15, -0.1) is 0 Å². The Labute approximate surface area is 78.5 Å². The maximum absolute atomic E-state index is 5.68. The summed E-state index contributed by atoms with van der Waals surface area (Å²) < 4.78 is 10.7. The Morgan fingerprint density at radius 3 is 3.15 bits per heavy atom. The minimum Gasteiger partial charge on any atom is -0.487 e. The average Bonchev–Trinajstić information content (AvgIpc) is 2.46.